The largest absolute Gasteiger partial charge is 0.491 e. The smallest absolute Gasteiger partial charge is 0.127 e. The average molecular weight is 791 g/mol. The first-order chi connectivity index (χ1) is 30.2. The zero-order valence-corrected chi connectivity index (χ0v) is 33.5. The molecule has 0 atom stereocenters. The molecule has 1 aliphatic carbocycles. The maximum absolute atomic E-state index is 9.68. The summed E-state index contributed by atoms with van der Waals surface area (Å²) < 4.78 is 12.3. The van der Waals surface area contributed by atoms with Gasteiger partial charge in [-0.15, -0.1) is 0 Å². The molecule has 0 spiro atoms. The normalized spacial score (nSPS) is 12.8. The zero-order chi connectivity index (χ0) is 40.9. The van der Waals surface area contributed by atoms with E-state index in [0.717, 1.165) is 65.7 Å². The molecule has 0 fully saturated rings. The molecule has 0 aromatic heterocycles. The van der Waals surface area contributed by atoms with Crippen molar-refractivity contribution in [1.29, 1.82) is 0 Å². The van der Waals surface area contributed by atoms with Crippen LogP contribution in [0.1, 0.15) is 22.3 Å². The zero-order valence-electron chi connectivity index (χ0n) is 33.5. The van der Waals surface area contributed by atoms with E-state index >= 15 is 0 Å². The lowest BCUT2D eigenvalue weighted by molar-refractivity contribution is 0.203. The Hall–Kier alpha value is -7.24. The molecule has 0 saturated heterocycles. The molecule has 10 aromatic rings. The van der Waals surface area contributed by atoms with Gasteiger partial charge in [-0.1, -0.05) is 170 Å². The highest BCUT2D eigenvalue weighted by atomic mass is 16.5. The summed E-state index contributed by atoms with van der Waals surface area (Å²) in [5.74, 6) is 1.53. The highest BCUT2D eigenvalue weighted by Crippen LogP contribution is 2.61. The molecule has 1 aliphatic rings. The Morgan fingerprint density at radius 2 is 0.770 bits per heavy atom. The second kappa shape index (κ2) is 15.1. The monoisotopic (exact) mass is 790 g/mol. The van der Waals surface area contributed by atoms with Gasteiger partial charge in [0.05, 0.1) is 18.6 Å². The molecule has 0 aliphatic heterocycles. The van der Waals surface area contributed by atoms with E-state index in [4.69, 9.17) is 9.47 Å². The topological polar surface area (TPSA) is 58.9 Å². The fourth-order valence-corrected chi connectivity index (χ4v) is 10.1. The molecule has 10 aromatic carbocycles. The number of hydrogen-bond acceptors (Lipinski definition) is 4. The molecular formula is C57H42O4. The molecule has 0 saturated carbocycles. The third-order valence-electron chi connectivity index (χ3n) is 12.6. The van der Waals surface area contributed by atoms with Crippen molar-refractivity contribution in [2.75, 3.05) is 26.4 Å². The summed E-state index contributed by atoms with van der Waals surface area (Å²) in [6.45, 7) is 0.341. The SMILES string of the molecule is OCCOc1cc2ccc(C3(c4ccc5cc(OCCO)c6ccccc6c5c4)c4cccc(-c5ccccc5)c4-c4c(-c5ccccc5)cccc43)cc2c2ccccc12. The van der Waals surface area contributed by atoms with Crippen LogP contribution in [0.3, 0.4) is 0 Å². The van der Waals surface area contributed by atoms with E-state index in [1.54, 1.807) is 0 Å². The Kier molecular flexibility index (Phi) is 9.11. The Morgan fingerprint density at radius 1 is 0.361 bits per heavy atom. The number of aliphatic hydroxyl groups is 2. The minimum Gasteiger partial charge on any atom is -0.491 e. The minimum absolute atomic E-state index is 0.0549. The van der Waals surface area contributed by atoms with Crippen LogP contribution in [0, 0.1) is 0 Å². The first-order valence-corrected chi connectivity index (χ1v) is 21.0. The third-order valence-corrected chi connectivity index (χ3v) is 12.6. The first kappa shape index (κ1) is 36.8. The van der Waals surface area contributed by atoms with E-state index < -0.39 is 5.41 Å². The number of benzene rings is 10. The number of ether oxygens (including phenoxy) is 2. The summed E-state index contributed by atoms with van der Waals surface area (Å²) in [5, 5.41) is 28.0. The third kappa shape index (κ3) is 5.83. The minimum atomic E-state index is -0.747. The summed E-state index contributed by atoms with van der Waals surface area (Å²) >= 11 is 0. The van der Waals surface area contributed by atoms with E-state index in [-0.39, 0.29) is 26.4 Å². The lowest BCUT2D eigenvalue weighted by Crippen LogP contribution is -2.28. The Balaban J connectivity index is 1.29. The highest BCUT2D eigenvalue weighted by Gasteiger charge is 2.48. The van der Waals surface area contributed by atoms with Crippen LogP contribution in [-0.4, -0.2) is 36.6 Å². The van der Waals surface area contributed by atoms with E-state index in [9.17, 15) is 10.2 Å². The van der Waals surface area contributed by atoms with Gasteiger partial charge in [-0.3, -0.25) is 0 Å². The molecule has 0 amide bonds. The first-order valence-electron chi connectivity index (χ1n) is 21.0. The second-order valence-electron chi connectivity index (χ2n) is 15.8. The van der Waals surface area contributed by atoms with Gasteiger partial charge < -0.3 is 19.7 Å². The summed E-state index contributed by atoms with van der Waals surface area (Å²) in [6.07, 6.45) is 0. The summed E-state index contributed by atoms with van der Waals surface area (Å²) in [7, 11) is 0. The van der Waals surface area contributed by atoms with Gasteiger partial charge in [0.25, 0.3) is 0 Å². The number of aliphatic hydroxyl groups excluding tert-OH is 2. The highest BCUT2D eigenvalue weighted by molar-refractivity contribution is 6.13. The van der Waals surface area contributed by atoms with Crippen molar-refractivity contribution >= 4 is 43.1 Å². The molecule has 0 bridgehead atoms. The Morgan fingerprint density at radius 3 is 1.20 bits per heavy atom. The van der Waals surface area contributed by atoms with Crippen LogP contribution in [0.25, 0.3) is 76.5 Å². The Bertz CT molecular complexity index is 3060. The van der Waals surface area contributed by atoms with Crippen LogP contribution in [0.2, 0.25) is 0 Å². The molecule has 4 heteroatoms. The van der Waals surface area contributed by atoms with Crippen molar-refractivity contribution in [1.82, 2.24) is 0 Å². The molecule has 11 rings (SSSR count). The second-order valence-corrected chi connectivity index (χ2v) is 15.8. The van der Waals surface area contributed by atoms with Gasteiger partial charge in [-0.2, -0.15) is 0 Å². The van der Waals surface area contributed by atoms with Crippen LogP contribution in [0.4, 0.5) is 0 Å². The van der Waals surface area contributed by atoms with Crippen molar-refractivity contribution in [3.05, 3.63) is 216 Å². The molecule has 294 valence electrons. The van der Waals surface area contributed by atoms with Crippen molar-refractivity contribution in [3.63, 3.8) is 0 Å². The molecular weight excluding hydrogens is 749 g/mol. The number of rotatable bonds is 10. The van der Waals surface area contributed by atoms with Crippen molar-refractivity contribution in [2.24, 2.45) is 0 Å². The molecule has 2 N–H and O–H groups in total. The van der Waals surface area contributed by atoms with Crippen LogP contribution >= 0.6 is 0 Å². The predicted molar refractivity (Wildman–Crippen MR) is 250 cm³/mol. The van der Waals surface area contributed by atoms with Crippen molar-refractivity contribution in [3.8, 4) is 44.9 Å². The van der Waals surface area contributed by atoms with Crippen LogP contribution in [0.15, 0.2) is 194 Å². The lowest BCUT2D eigenvalue weighted by Gasteiger charge is -2.35. The Labute approximate surface area is 354 Å². The molecule has 61 heavy (non-hydrogen) atoms. The van der Waals surface area contributed by atoms with Crippen LogP contribution < -0.4 is 9.47 Å². The maximum Gasteiger partial charge on any atom is 0.127 e. The van der Waals surface area contributed by atoms with Crippen molar-refractivity contribution in [2.45, 2.75) is 5.41 Å². The number of fused-ring (bicyclic) bond motifs is 9. The van der Waals surface area contributed by atoms with Gasteiger partial charge in [0, 0.05) is 10.8 Å². The van der Waals surface area contributed by atoms with Gasteiger partial charge in [-0.25, -0.2) is 0 Å². The van der Waals surface area contributed by atoms with Crippen LogP contribution in [-0.2, 0) is 5.41 Å². The van der Waals surface area contributed by atoms with E-state index in [0.29, 0.717) is 0 Å². The lowest BCUT2D eigenvalue weighted by atomic mass is 9.66. The fourth-order valence-electron chi connectivity index (χ4n) is 10.1. The van der Waals surface area contributed by atoms with Gasteiger partial charge in [0.15, 0.2) is 0 Å². The van der Waals surface area contributed by atoms with Gasteiger partial charge in [0.2, 0.25) is 0 Å². The van der Waals surface area contributed by atoms with Gasteiger partial charge >= 0.3 is 0 Å². The van der Waals surface area contributed by atoms with Crippen molar-refractivity contribution < 1.29 is 19.7 Å². The summed E-state index contributed by atoms with van der Waals surface area (Å²) in [4.78, 5) is 0. The number of hydrogen-bond donors (Lipinski definition) is 2. The fraction of sp³-hybridized carbons (Fsp3) is 0.0877. The standard InChI is InChI=1S/C57H42O4/c58-29-31-60-53-33-39-25-27-41(35-49(39)45-17-7-9-19-47(45)53)57(42-28-26-40-34-54(61-32-30-59)48-20-10-8-18-46(48)50(40)36-42)51-23-11-21-43(37-13-3-1-4-14-37)55(51)56-44(22-12-24-52(56)57)38-15-5-2-6-16-38/h1-28,33-36,58-59H,29-32H2. The van der Waals surface area contributed by atoms with E-state index in [1.807, 2.05) is 12.1 Å². The van der Waals surface area contributed by atoms with Gasteiger partial charge in [0.1, 0.15) is 24.7 Å². The van der Waals surface area contributed by atoms with Crippen LogP contribution in [0.5, 0.6) is 11.5 Å². The summed E-state index contributed by atoms with van der Waals surface area (Å²) in [6, 6.07) is 70.2. The summed E-state index contributed by atoms with van der Waals surface area (Å²) in [5.41, 5.74) is 11.2. The van der Waals surface area contributed by atoms with Gasteiger partial charge in [-0.05, 0) is 112 Å². The molecule has 0 radical (unpaired) electrons. The predicted octanol–water partition coefficient (Wildman–Crippen LogP) is 12.7. The van der Waals surface area contributed by atoms with E-state index in [2.05, 4.69) is 182 Å². The quantitative estimate of drug-likeness (QED) is 0.135. The average Bonchev–Trinajstić information content (AvgIpc) is 3.64. The maximum atomic E-state index is 9.68. The molecule has 0 heterocycles. The molecule has 0 unspecified atom stereocenters. The van der Waals surface area contributed by atoms with E-state index in [1.165, 1.54) is 44.5 Å². The molecule has 4 nitrogen and oxygen atoms in total.